The fraction of sp³-hybridized carbons (Fsp3) is 0.556. The summed E-state index contributed by atoms with van der Waals surface area (Å²) < 4.78 is 10.9. The van der Waals surface area contributed by atoms with Crippen LogP contribution in [0.1, 0.15) is 12.5 Å². The molecule has 9 nitrogen and oxygen atoms in total. The van der Waals surface area contributed by atoms with Gasteiger partial charge in [-0.05, 0) is 23.8 Å². The summed E-state index contributed by atoms with van der Waals surface area (Å²) in [6.07, 6.45) is -2.63. The number of aliphatic hydroxyl groups is 2. The maximum Gasteiger partial charge on any atom is 0.264 e. The van der Waals surface area contributed by atoms with E-state index in [0.29, 0.717) is 5.69 Å². The van der Waals surface area contributed by atoms with E-state index in [-0.39, 0.29) is 28.0 Å². The molecule has 0 aromatic heterocycles. The van der Waals surface area contributed by atoms with Crippen LogP contribution in [0.25, 0.3) is 0 Å². The van der Waals surface area contributed by atoms with Gasteiger partial charge in [0.2, 0.25) is 4.87 Å². The van der Waals surface area contributed by atoms with Gasteiger partial charge in [-0.2, -0.15) is 0 Å². The molecule has 30 heavy (non-hydrogen) atoms. The summed E-state index contributed by atoms with van der Waals surface area (Å²) in [6, 6.07) is 1.50. The summed E-state index contributed by atoms with van der Waals surface area (Å²) in [5, 5.41) is 23.6. The Hall–Kier alpha value is -1.53. The molecule has 2 bridgehead atoms. The summed E-state index contributed by atoms with van der Waals surface area (Å²) in [4.78, 5) is 28.5. The average Bonchev–Trinajstić information content (AvgIpc) is 3.06. The summed E-state index contributed by atoms with van der Waals surface area (Å²) in [7, 11) is 8.43. The smallest absolute Gasteiger partial charge is 0.264 e. The molecule has 4 saturated heterocycles. The van der Waals surface area contributed by atoms with E-state index in [1.807, 2.05) is 0 Å². The first-order valence-electron chi connectivity index (χ1n) is 9.10. The minimum absolute atomic E-state index is 0.179. The Morgan fingerprint density at radius 1 is 1.13 bits per heavy atom. The number of ether oxygens (including phenoxy) is 2. The number of anilines is 1. The number of halogens is 1. The van der Waals surface area contributed by atoms with Crippen molar-refractivity contribution in [2.75, 3.05) is 33.2 Å². The lowest BCUT2D eigenvalue weighted by Crippen LogP contribution is -2.77. The van der Waals surface area contributed by atoms with E-state index in [9.17, 15) is 19.8 Å². The number of carbonyl (C=O) groups is 2. The Bertz CT molecular complexity index is 1030. The Kier molecular flexibility index (Phi) is 3.96. The van der Waals surface area contributed by atoms with Crippen molar-refractivity contribution in [3.05, 3.63) is 16.7 Å². The average molecular weight is 474 g/mol. The normalized spacial score (nSPS) is 38.7. The maximum atomic E-state index is 13.6. The first kappa shape index (κ1) is 20.4. The molecule has 1 spiro atoms. The van der Waals surface area contributed by atoms with Crippen LogP contribution >= 0.6 is 33.2 Å². The van der Waals surface area contributed by atoms with Crippen LogP contribution in [-0.4, -0.2) is 82.2 Å². The van der Waals surface area contributed by atoms with Gasteiger partial charge in [-0.15, -0.1) is 0 Å². The molecule has 1 aromatic carbocycles. The van der Waals surface area contributed by atoms with Crippen molar-refractivity contribution in [3.63, 3.8) is 0 Å². The number of likely N-dealkylation sites (N-methyl/N-ethyl adjacent to an activating group) is 2. The van der Waals surface area contributed by atoms with Gasteiger partial charge in [-0.3, -0.25) is 14.5 Å². The number of amides is 2. The molecule has 5 aliphatic heterocycles. The Morgan fingerprint density at radius 2 is 1.77 bits per heavy atom. The van der Waals surface area contributed by atoms with E-state index in [1.165, 1.54) is 40.9 Å². The van der Waals surface area contributed by atoms with Crippen LogP contribution in [0.2, 0.25) is 5.02 Å². The Morgan fingerprint density at radius 3 is 2.37 bits per heavy atom. The minimum atomic E-state index is -1.97. The number of aliphatic hydroxyl groups excluding tert-OH is 1. The van der Waals surface area contributed by atoms with Gasteiger partial charge in [0, 0.05) is 19.7 Å². The molecule has 0 aliphatic carbocycles. The number of nitrogens with zero attached hydrogens (tertiary/aromatic N) is 3. The number of piperazine rings is 1. The van der Waals surface area contributed by atoms with E-state index in [4.69, 9.17) is 21.1 Å². The highest BCUT2D eigenvalue weighted by molar-refractivity contribution is 8.78. The van der Waals surface area contributed by atoms with E-state index < -0.39 is 33.5 Å². The zero-order valence-corrected chi connectivity index (χ0v) is 19.2. The zero-order chi connectivity index (χ0) is 22.0. The number of fused-ring (bicyclic) bond motifs is 5. The second kappa shape index (κ2) is 5.83. The molecular weight excluding hydrogens is 454 g/mol. The SMILES string of the molecule is COc1c(Cl)cc2c(c1OC)N(C)C1N3C(=O)C4(C)SSC3(C(=O)N4C)C(O)C21O. The molecule has 5 atom stereocenters. The summed E-state index contributed by atoms with van der Waals surface area (Å²) in [6.45, 7) is 1.67. The van der Waals surface area contributed by atoms with Gasteiger partial charge in [0.15, 0.2) is 22.0 Å². The lowest BCUT2D eigenvalue weighted by atomic mass is 9.87. The largest absolute Gasteiger partial charge is 0.491 e. The molecule has 2 N–H and O–H groups in total. The van der Waals surface area contributed by atoms with Crippen molar-refractivity contribution in [1.29, 1.82) is 0 Å². The molecule has 0 saturated carbocycles. The van der Waals surface area contributed by atoms with E-state index in [2.05, 4.69) is 0 Å². The highest BCUT2D eigenvalue weighted by Gasteiger charge is 2.82. The highest BCUT2D eigenvalue weighted by Crippen LogP contribution is 2.69. The van der Waals surface area contributed by atoms with Gasteiger partial charge in [-0.1, -0.05) is 22.4 Å². The van der Waals surface area contributed by atoms with Gasteiger partial charge >= 0.3 is 0 Å². The van der Waals surface area contributed by atoms with Crippen LogP contribution in [0.5, 0.6) is 11.5 Å². The molecule has 5 heterocycles. The minimum Gasteiger partial charge on any atom is -0.491 e. The molecule has 1 aromatic rings. The monoisotopic (exact) mass is 473 g/mol. The predicted molar refractivity (Wildman–Crippen MR) is 113 cm³/mol. The molecule has 5 aliphatic rings. The summed E-state index contributed by atoms with van der Waals surface area (Å²) >= 11 is 6.39. The third kappa shape index (κ3) is 1.81. The van der Waals surface area contributed by atoms with Crippen molar-refractivity contribution in [3.8, 4) is 11.5 Å². The van der Waals surface area contributed by atoms with Crippen molar-refractivity contribution in [2.24, 2.45) is 0 Å². The van der Waals surface area contributed by atoms with Crippen LogP contribution in [0, 0.1) is 0 Å². The van der Waals surface area contributed by atoms with Crippen LogP contribution in [-0.2, 0) is 15.2 Å². The molecule has 0 radical (unpaired) electrons. The first-order chi connectivity index (χ1) is 14.0. The van der Waals surface area contributed by atoms with Crippen molar-refractivity contribution in [2.45, 2.75) is 34.5 Å². The second-order valence-electron chi connectivity index (χ2n) is 7.92. The van der Waals surface area contributed by atoms with Gasteiger partial charge in [-0.25, -0.2) is 0 Å². The van der Waals surface area contributed by atoms with Gasteiger partial charge < -0.3 is 29.5 Å². The van der Waals surface area contributed by atoms with E-state index >= 15 is 0 Å². The van der Waals surface area contributed by atoms with Crippen molar-refractivity contribution in [1.82, 2.24) is 9.80 Å². The fourth-order valence-corrected chi connectivity index (χ4v) is 8.91. The number of rotatable bonds is 2. The maximum absolute atomic E-state index is 13.6. The number of benzene rings is 1. The predicted octanol–water partition coefficient (Wildman–Crippen LogP) is 0.803. The third-order valence-corrected chi connectivity index (χ3v) is 10.7. The van der Waals surface area contributed by atoms with Gasteiger partial charge in [0.1, 0.15) is 12.3 Å². The standard InChI is InChI=1S/C18H20ClN3O6S2/c1-16-14(24)22-13-17(26,12(23)18(22,30-29-16)15(25)21(16)3)7-6-8(19)10(27-4)11(28-5)9(7)20(13)2/h6,12-13,23,26H,1-5H3. The molecule has 162 valence electrons. The molecular formula is C18H20ClN3O6S2. The fourth-order valence-electron chi connectivity index (χ4n) is 5.10. The van der Waals surface area contributed by atoms with Crippen LogP contribution in [0.4, 0.5) is 5.69 Å². The van der Waals surface area contributed by atoms with Gasteiger partial charge in [0.25, 0.3) is 11.8 Å². The van der Waals surface area contributed by atoms with E-state index in [0.717, 1.165) is 10.8 Å². The molecule has 6 rings (SSSR count). The number of hydrogen-bond acceptors (Lipinski definition) is 9. The molecule has 2 amide bonds. The lowest BCUT2D eigenvalue weighted by Gasteiger charge is -2.58. The molecule has 12 heteroatoms. The number of methoxy groups -OCH3 is 2. The Balaban J connectivity index is 1.81. The van der Waals surface area contributed by atoms with Crippen LogP contribution in [0.15, 0.2) is 6.07 Å². The Labute approximate surface area is 185 Å². The van der Waals surface area contributed by atoms with Crippen molar-refractivity contribution < 1.29 is 29.3 Å². The lowest BCUT2D eigenvalue weighted by molar-refractivity contribution is -0.166. The summed E-state index contributed by atoms with van der Waals surface area (Å²) in [5.41, 5.74) is -1.25. The van der Waals surface area contributed by atoms with Gasteiger partial charge in [0.05, 0.1) is 24.9 Å². The zero-order valence-electron chi connectivity index (χ0n) is 16.8. The second-order valence-corrected chi connectivity index (χ2v) is 11.1. The highest BCUT2D eigenvalue weighted by atomic mass is 35.5. The molecule has 4 fully saturated rings. The quantitative estimate of drug-likeness (QED) is 0.604. The van der Waals surface area contributed by atoms with Crippen LogP contribution < -0.4 is 14.4 Å². The third-order valence-electron chi connectivity index (χ3n) is 6.70. The molecule has 5 unspecified atom stereocenters. The van der Waals surface area contributed by atoms with E-state index in [1.54, 1.807) is 25.9 Å². The number of hydrogen-bond donors (Lipinski definition) is 2. The van der Waals surface area contributed by atoms with Crippen LogP contribution in [0.3, 0.4) is 0 Å². The topological polar surface area (TPSA) is 103 Å². The number of carbonyl (C=O) groups excluding carboxylic acids is 2. The summed E-state index contributed by atoms with van der Waals surface area (Å²) in [5.74, 6) is -0.232. The first-order valence-corrected chi connectivity index (χ1v) is 11.6. The van der Waals surface area contributed by atoms with Crippen molar-refractivity contribution >= 4 is 50.7 Å².